The first-order valence-electron chi connectivity index (χ1n) is 10.2. The van der Waals surface area contributed by atoms with Crippen LogP contribution in [0.25, 0.3) is 27.7 Å². The first-order valence-corrected chi connectivity index (χ1v) is 10.6. The Kier molecular flexibility index (Phi) is 4.43. The molecule has 0 radical (unpaired) electrons. The lowest BCUT2D eigenvalue weighted by Crippen LogP contribution is -2.33. The lowest BCUT2D eigenvalue weighted by Gasteiger charge is -2.35. The van der Waals surface area contributed by atoms with Crippen molar-refractivity contribution in [2.24, 2.45) is 11.8 Å². The predicted molar refractivity (Wildman–Crippen MR) is 116 cm³/mol. The normalized spacial score (nSPS) is 22.4. The van der Waals surface area contributed by atoms with Crippen molar-refractivity contribution in [1.82, 2.24) is 19.2 Å². The number of halogens is 1. The summed E-state index contributed by atoms with van der Waals surface area (Å²) in [5.41, 5.74) is 3.45. The highest BCUT2D eigenvalue weighted by atomic mass is 35.5. The summed E-state index contributed by atoms with van der Waals surface area (Å²) >= 11 is 6.01. The molecule has 0 amide bonds. The Morgan fingerprint density at radius 2 is 1.86 bits per heavy atom. The van der Waals surface area contributed by atoms with Gasteiger partial charge < -0.3 is 4.57 Å². The second-order valence-corrected chi connectivity index (χ2v) is 8.66. The van der Waals surface area contributed by atoms with Gasteiger partial charge in [0, 0.05) is 29.0 Å². The maximum Gasteiger partial charge on any atom is 0.261 e. The predicted octanol–water partition coefficient (Wildman–Crippen LogP) is 5.36. The molecule has 3 aromatic heterocycles. The molecule has 3 heterocycles. The maximum absolute atomic E-state index is 13.3. The third-order valence-corrected chi connectivity index (χ3v) is 6.85. The van der Waals surface area contributed by atoms with Gasteiger partial charge in [-0.1, -0.05) is 50.4 Å². The Hall–Kier alpha value is -2.66. The zero-order valence-corrected chi connectivity index (χ0v) is 17.3. The molecular weight excluding hydrogens is 384 g/mol. The molecule has 4 aromatic rings. The Bertz CT molecular complexity index is 1260. The fourth-order valence-electron chi connectivity index (χ4n) is 4.67. The summed E-state index contributed by atoms with van der Waals surface area (Å²) in [7, 11) is 0. The lowest BCUT2D eigenvalue weighted by atomic mass is 9.78. The van der Waals surface area contributed by atoms with Crippen LogP contribution in [0.4, 0.5) is 0 Å². The number of pyridine rings is 1. The van der Waals surface area contributed by atoms with Crippen molar-refractivity contribution in [1.29, 1.82) is 0 Å². The van der Waals surface area contributed by atoms with Gasteiger partial charge in [0.25, 0.3) is 5.56 Å². The maximum atomic E-state index is 13.3. The molecule has 5 rings (SSSR count). The number of aromatic nitrogens is 4. The minimum Gasteiger partial charge on any atom is -0.311 e. The summed E-state index contributed by atoms with van der Waals surface area (Å²) in [6, 6.07) is 9.85. The van der Waals surface area contributed by atoms with Gasteiger partial charge in [-0.2, -0.15) is 5.10 Å². The van der Waals surface area contributed by atoms with Crippen molar-refractivity contribution >= 4 is 28.2 Å². The summed E-state index contributed by atoms with van der Waals surface area (Å²) in [4.78, 5) is 17.9. The van der Waals surface area contributed by atoms with Gasteiger partial charge in [-0.3, -0.25) is 4.79 Å². The van der Waals surface area contributed by atoms with Gasteiger partial charge in [0.15, 0.2) is 5.65 Å². The molecule has 5 nitrogen and oxygen atoms in total. The van der Waals surface area contributed by atoms with Crippen LogP contribution in [-0.4, -0.2) is 19.2 Å². The van der Waals surface area contributed by atoms with Gasteiger partial charge in [0.1, 0.15) is 0 Å². The average Bonchev–Trinajstić information content (AvgIpc) is 3.16. The first kappa shape index (κ1) is 18.4. The van der Waals surface area contributed by atoms with Crippen LogP contribution in [0.15, 0.2) is 53.7 Å². The molecule has 0 aliphatic heterocycles. The van der Waals surface area contributed by atoms with Crippen LogP contribution in [0.3, 0.4) is 0 Å². The quantitative estimate of drug-likeness (QED) is 0.450. The molecule has 0 N–H and O–H groups in total. The Labute approximate surface area is 174 Å². The summed E-state index contributed by atoms with van der Waals surface area (Å²) in [6.45, 7) is 4.55. The highest BCUT2D eigenvalue weighted by Gasteiger charge is 2.29. The van der Waals surface area contributed by atoms with E-state index in [1.165, 1.54) is 12.8 Å². The van der Waals surface area contributed by atoms with E-state index in [0.717, 1.165) is 28.7 Å². The zero-order chi connectivity index (χ0) is 20.1. The standard InChI is InChI=1S/C23H23ClN4O/c1-14-4-3-5-20(15(14)2)27-11-10-21-19(23(27)29)12-25-22-18(13-26-28(21)22)16-6-8-17(24)9-7-16/h6-15,20H,3-5H2,1-2H3/t14-,15-,20-/m1/s1. The van der Waals surface area contributed by atoms with Crippen LogP contribution in [-0.2, 0) is 0 Å². The van der Waals surface area contributed by atoms with Crippen LogP contribution in [0.1, 0.15) is 39.2 Å². The van der Waals surface area contributed by atoms with Crippen molar-refractivity contribution in [3.8, 4) is 11.1 Å². The van der Waals surface area contributed by atoms with Crippen LogP contribution in [0.2, 0.25) is 5.02 Å². The molecule has 0 unspecified atom stereocenters. The molecule has 1 saturated carbocycles. The number of fused-ring (bicyclic) bond motifs is 3. The molecule has 148 valence electrons. The lowest BCUT2D eigenvalue weighted by molar-refractivity contribution is 0.183. The first-order chi connectivity index (χ1) is 14.0. The number of nitrogens with zero attached hydrogens (tertiary/aromatic N) is 4. The summed E-state index contributed by atoms with van der Waals surface area (Å²) in [5, 5.41) is 5.83. The molecule has 1 aromatic carbocycles. The van der Waals surface area contributed by atoms with E-state index in [1.54, 1.807) is 16.9 Å². The smallest absolute Gasteiger partial charge is 0.261 e. The molecule has 1 aliphatic rings. The van der Waals surface area contributed by atoms with Crippen LogP contribution in [0.5, 0.6) is 0 Å². The van der Waals surface area contributed by atoms with Crippen molar-refractivity contribution < 1.29 is 0 Å². The Morgan fingerprint density at radius 1 is 1.07 bits per heavy atom. The third kappa shape index (κ3) is 2.96. The number of rotatable bonds is 2. The number of benzene rings is 1. The largest absolute Gasteiger partial charge is 0.311 e. The molecule has 3 atom stereocenters. The highest BCUT2D eigenvalue weighted by molar-refractivity contribution is 6.30. The molecule has 6 heteroatoms. The van der Waals surface area contributed by atoms with E-state index < -0.39 is 0 Å². The van der Waals surface area contributed by atoms with Crippen molar-refractivity contribution in [2.45, 2.75) is 39.2 Å². The molecule has 1 aliphatic carbocycles. The molecule has 0 saturated heterocycles. The molecule has 0 bridgehead atoms. The van der Waals surface area contributed by atoms with Gasteiger partial charge in [-0.05, 0) is 42.0 Å². The van der Waals surface area contributed by atoms with E-state index in [1.807, 2.05) is 41.1 Å². The van der Waals surface area contributed by atoms with Crippen molar-refractivity contribution in [3.63, 3.8) is 0 Å². The van der Waals surface area contributed by atoms with Gasteiger partial charge in [0.05, 0.1) is 17.1 Å². The van der Waals surface area contributed by atoms with Gasteiger partial charge in [0.2, 0.25) is 0 Å². The van der Waals surface area contributed by atoms with Crippen LogP contribution < -0.4 is 5.56 Å². The zero-order valence-electron chi connectivity index (χ0n) is 16.5. The van der Waals surface area contributed by atoms with E-state index >= 15 is 0 Å². The second-order valence-electron chi connectivity index (χ2n) is 8.22. The molecular formula is C23H23ClN4O. The topological polar surface area (TPSA) is 52.2 Å². The molecule has 1 fully saturated rings. The van der Waals surface area contributed by atoms with E-state index in [4.69, 9.17) is 11.6 Å². The molecule has 29 heavy (non-hydrogen) atoms. The van der Waals surface area contributed by atoms with Crippen molar-refractivity contribution in [3.05, 3.63) is 64.3 Å². The fourth-order valence-corrected chi connectivity index (χ4v) is 4.80. The SMILES string of the molecule is C[C@@H]1[C@H](C)CCC[C@H]1n1ccc2c(cnc3c(-c4ccc(Cl)cc4)cnn32)c1=O. The van der Waals surface area contributed by atoms with Gasteiger partial charge in [-0.25, -0.2) is 9.50 Å². The minimum atomic E-state index is 0.0198. The van der Waals surface area contributed by atoms with Gasteiger partial charge in [-0.15, -0.1) is 0 Å². The summed E-state index contributed by atoms with van der Waals surface area (Å²) in [5.74, 6) is 1.11. The van der Waals surface area contributed by atoms with E-state index in [2.05, 4.69) is 23.9 Å². The Morgan fingerprint density at radius 3 is 2.66 bits per heavy atom. The summed E-state index contributed by atoms with van der Waals surface area (Å²) in [6.07, 6.45) is 8.88. The second kappa shape index (κ2) is 6.99. The van der Waals surface area contributed by atoms with Gasteiger partial charge >= 0.3 is 0 Å². The van der Waals surface area contributed by atoms with E-state index in [9.17, 15) is 4.79 Å². The highest BCUT2D eigenvalue weighted by Crippen LogP contribution is 2.37. The summed E-state index contributed by atoms with van der Waals surface area (Å²) < 4.78 is 3.68. The minimum absolute atomic E-state index is 0.0198. The third-order valence-electron chi connectivity index (χ3n) is 6.60. The number of hydrogen-bond donors (Lipinski definition) is 0. The Balaban J connectivity index is 1.65. The number of hydrogen-bond acceptors (Lipinski definition) is 3. The van der Waals surface area contributed by atoms with E-state index in [0.29, 0.717) is 22.2 Å². The van der Waals surface area contributed by atoms with Crippen LogP contribution >= 0.6 is 11.6 Å². The fraction of sp³-hybridized carbons (Fsp3) is 0.348. The van der Waals surface area contributed by atoms with Crippen molar-refractivity contribution in [2.75, 3.05) is 0 Å². The van der Waals surface area contributed by atoms with E-state index in [-0.39, 0.29) is 11.6 Å². The monoisotopic (exact) mass is 406 g/mol. The van der Waals surface area contributed by atoms with Crippen LogP contribution in [0, 0.1) is 11.8 Å². The molecule has 0 spiro atoms. The average molecular weight is 407 g/mol.